The van der Waals surface area contributed by atoms with E-state index in [0.717, 1.165) is 23.8 Å². The van der Waals surface area contributed by atoms with Gasteiger partial charge in [-0.1, -0.05) is 19.1 Å². The molecule has 1 aromatic carbocycles. The van der Waals surface area contributed by atoms with Crippen LogP contribution in [0.4, 0.5) is 0 Å². The van der Waals surface area contributed by atoms with Crippen LogP contribution in [0.1, 0.15) is 37.6 Å². The van der Waals surface area contributed by atoms with Crippen LogP contribution in [-0.2, 0) is 0 Å². The summed E-state index contributed by atoms with van der Waals surface area (Å²) in [5.74, 6) is 0. The number of nitrogens with one attached hydrogen (secondary N) is 1. The number of hydrogen-bond donors (Lipinski definition) is 1. The van der Waals surface area contributed by atoms with Gasteiger partial charge in [0, 0.05) is 22.8 Å². The van der Waals surface area contributed by atoms with Gasteiger partial charge in [-0.15, -0.1) is 0 Å². The van der Waals surface area contributed by atoms with Gasteiger partial charge in [-0.05, 0) is 62.3 Å². The normalized spacial score (nSPS) is 12.3. The molecule has 0 aliphatic carbocycles. The molecule has 0 saturated heterocycles. The van der Waals surface area contributed by atoms with Crippen molar-refractivity contribution in [2.75, 3.05) is 6.54 Å². The van der Waals surface area contributed by atoms with Crippen LogP contribution < -0.4 is 5.32 Å². The fourth-order valence-electron chi connectivity index (χ4n) is 1.88. The number of aryl methyl sites for hydroxylation is 1. The SMILES string of the molecule is CCCNC(C)c1ccc(Sc2nccc(C)n2)cc1. The Morgan fingerprint density at radius 3 is 2.60 bits per heavy atom. The Labute approximate surface area is 125 Å². The monoisotopic (exact) mass is 287 g/mol. The zero-order chi connectivity index (χ0) is 14.4. The zero-order valence-electron chi connectivity index (χ0n) is 12.3. The van der Waals surface area contributed by atoms with E-state index in [9.17, 15) is 0 Å². The van der Waals surface area contributed by atoms with E-state index < -0.39 is 0 Å². The Morgan fingerprint density at radius 2 is 1.95 bits per heavy atom. The molecule has 0 radical (unpaired) electrons. The van der Waals surface area contributed by atoms with Gasteiger partial charge in [0.1, 0.15) is 0 Å². The van der Waals surface area contributed by atoms with Crippen LogP contribution >= 0.6 is 11.8 Å². The van der Waals surface area contributed by atoms with Crippen molar-refractivity contribution in [1.29, 1.82) is 0 Å². The third-order valence-corrected chi connectivity index (χ3v) is 3.95. The van der Waals surface area contributed by atoms with E-state index in [1.165, 1.54) is 10.5 Å². The van der Waals surface area contributed by atoms with Crippen LogP contribution in [0.3, 0.4) is 0 Å². The molecular weight excluding hydrogens is 266 g/mol. The quantitative estimate of drug-likeness (QED) is 0.815. The van der Waals surface area contributed by atoms with Crippen molar-refractivity contribution in [3.05, 3.63) is 47.8 Å². The second kappa shape index (κ2) is 7.41. The smallest absolute Gasteiger partial charge is 0.192 e. The summed E-state index contributed by atoms with van der Waals surface area (Å²) >= 11 is 1.60. The number of hydrogen-bond acceptors (Lipinski definition) is 4. The first-order valence-electron chi connectivity index (χ1n) is 7.00. The summed E-state index contributed by atoms with van der Waals surface area (Å²) in [6.07, 6.45) is 2.96. The first-order valence-corrected chi connectivity index (χ1v) is 7.81. The molecule has 3 nitrogen and oxygen atoms in total. The molecule has 1 atom stereocenters. The Bertz CT molecular complexity index is 540. The highest BCUT2D eigenvalue weighted by Crippen LogP contribution is 2.25. The maximum atomic E-state index is 4.41. The average Bonchev–Trinajstić information content (AvgIpc) is 2.45. The van der Waals surface area contributed by atoms with Crippen LogP contribution in [0.15, 0.2) is 46.6 Å². The molecule has 0 amide bonds. The van der Waals surface area contributed by atoms with E-state index >= 15 is 0 Å². The maximum Gasteiger partial charge on any atom is 0.192 e. The van der Waals surface area contributed by atoms with E-state index in [4.69, 9.17) is 0 Å². The Morgan fingerprint density at radius 1 is 1.20 bits per heavy atom. The van der Waals surface area contributed by atoms with Crippen molar-refractivity contribution in [2.45, 2.75) is 43.3 Å². The molecule has 0 fully saturated rings. The molecule has 4 heteroatoms. The number of rotatable bonds is 6. The van der Waals surface area contributed by atoms with Gasteiger partial charge in [0.05, 0.1) is 0 Å². The van der Waals surface area contributed by atoms with Gasteiger partial charge in [0.25, 0.3) is 0 Å². The van der Waals surface area contributed by atoms with Gasteiger partial charge in [-0.25, -0.2) is 9.97 Å². The molecule has 106 valence electrons. The fraction of sp³-hybridized carbons (Fsp3) is 0.375. The summed E-state index contributed by atoms with van der Waals surface area (Å²) in [4.78, 5) is 9.85. The molecule has 2 rings (SSSR count). The Hall–Kier alpha value is -1.39. The van der Waals surface area contributed by atoms with Gasteiger partial charge >= 0.3 is 0 Å². The summed E-state index contributed by atoms with van der Waals surface area (Å²) in [6.45, 7) is 7.41. The molecule has 0 spiro atoms. The molecule has 0 saturated carbocycles. The highest BCUT2D eigenvalue weighted by atomic mass is 32.2. The van der Waals surface area contributed by atoms with Gasteiger partial charge in [-0.3, -0.25) is 0 Å². The summed E-state index contributed by atoms with van der Waals surface area (Å²) in [5.41, 5.74) is 2.31. The van der Waals surface area contributed by atoms with E-state index in [1.807, 2.05) is 13.0 Å². The van der Waals surface area contributed by atoms with E-state index in [2.05, 4.69) is 53.4 Å². The molecular formula is C16H21N3S. The third kappa shape index (κ3) is 4.32. The molecule has 0 bridgehead atoms. The molecule has 1 aromatic heterocycles. The third-order valence-electron chi connectivity index (χ3n) is 3.06. The predicted octanol–water partition coefficient (Wildman–Crippen LogP) is 4.00. The average molecular weight is 287 g/mol. The molecule has 20 heavy (non-hydrogen) atoms. The molecule has 0 aliphatic heterocycles. The van der Waals surface area contributed by atoms with Crippen molar-refractivity contribution in [3.63, 3.8) is 0 Å². The standard InChI is InChI=1S/C16H21N3S/c1-4-10-17-13(3)14-5-7-15(8-6-14)20-16-18-11-9-12(2)19-16/h5-9,11,13,17H,4,10H2,1-3H3. The van der Waals surface area contributed by atoms with Crippen molar-refractivity contribution in [3.8, 4) is 0 Å². The summed E-state index contributed by atoms with van der Waals surface area (Å²) < 4.78 is 0. The predicted molar refractivity (Wildman–Crippen MR) is 84.0 cm³/mol. The number of nitrogens with zero attached hydrogens (tertiary/aromatic N) is 2. The molecule has 1 unspecified atom stereocenters. The van der Waals surface area contributed by atoms with E-state index in [1.54, 1.807) is 18.0 Å². The Balaban J connectivity index is 2.01. The number of benzene rings is 1. The lowest BCUT2D eigenvalue weighted by molar-refractivity contribution is 0.570. The first-order chi connectivity index (χ1) is 9.69. The molecule has 0 aliphatic rings. The second-order valence-electron chi connectivity index (χ2n) is 4.83. The lowest BCUT2D eigenvalue weighted by Gasteiger charge is -2.13. The fourth-order valence-corrected chi connectivity index (χ4v) is 2.67. The second-order valence-corrected chi connectivity index (χ2v) is 5.87. The highest BCUT2D eigenvalue weighted by Gasteiger charge is 2.05. The van der Waals surface area contributed by atoms with Crippen molar-refractivity contribution < 1.29 is 0 Å². The lowest BCUT2D eigenvalue weighted by Crippen LogP contribution is -2.19. The van der Waals surface area contributed by atoms with Gasteiger partial charge in [0.15, 0.2) is 5.16 Å². The van der Waals surface area contributed by atoms with Crippen LogP contribution in [0.25, 0.3) is 0 Å². The minimum Gasteiger partial charge on any atom is -0.310 e. The van der Waals surface area contributed by atoms with Gasteiger partial charge in [-0.2, -0.15) is 0 Å². The van der Waals surface area contributed by atoms with Crippen molar-refractivity contribution in [1.82, 2.24) is 15.3 Å². The Kier molecular flexibility index (Phi) is 5.56. The van der Waals surface area contributed by atoms with Crippen LogP contribution in [0.5, 0.6) is 0 Å². The molecule has 1 N–H and O–H groups in total. The van der Waals surface area contributed by atoms with Crippen molar-refractivity contribution >= 4 is 11.8 Å². The van der Waals surface area contributed by atoms with Crippen LogP contribution in [-0.4, -0.2) is 16.5 Å². The van der Waals surface area contributed by atoms with Crippen LogP contribution in [0, 0.1) is 6.92 Å². The lowest BCUT2D eigenvalue weighted by atomic mass is 10.1. The van der Waals surface area contributed by atoms with E-state index in [0.29, 0.717) is 6.04 Å². The minimum atomic E-state index is 0.393. The molecule has 1 heterocycles. The van der Waals surface area contributed by atoms with Gasteiger partial charge in [0.2, 0.25) is 0 Å². The summed E-state index contributed by atoms with van der Waals surface area (Å²) in [6, 6.07) is 10.9. The highest BCUT2D eigenvalue weighted by molar-refractivity contribution is 7.99. The first kappa shape index (κ1) is 15.0. The van der Waals surface area contributed by atoms with E-state index in [-0.39, 0.29) is 0 Å². The maximum absolute atomic E-state index is 4.41. The largest absolute Gasteiger partial charge is 0.310 e. The van der Waals surface area contributed by atoms with Crippen molar-refractivity contribution in [2.24, 2.45) is 0 Å². The minimum absolute atomic E-state index is 0.393. The topological polar surface area (TPSA) is 37.8 Å². The summed E-state index contributed by atoms with van der Waals surface area (Å²) in [5, 5.41) is 4.29. The van der Waals surface area contributed by atoms with Gasteiger partial charge < -0.3 is 5.32 Å². The summed E-state index contributed by atoms with van der Waals surface area (Å²) in [7, 11) is 0. The zero-order valence-corrected chi connectivity index (χ0v) is 13.1. The van der Waals surface area contributed by atoms with Crippen LogP contribution in [0.2, 0.25) is 0 Å². The molecule has 2 aromatic rings. The number of aromatic nitrogens is 2.